The molecule has 3 rings (SSSR count). The number of hydrogen-bond acceptors (Lipinski definition) is 5. The zero-order valence-electron chi connectivity index (χ0n) is 14.7. The summed E-state index contributed by atoms with van der Waals surface area (Å²) in [5.74, 6) is 0.0927. The highest BCUT2D eigenvalue weighted by Gasteiger charge is 2.39. The van der Waals surface area contributed by atoms with E-state index in [2.05, 4.69) is 9.68 Å². The van der Waals surface area contributed by atoms with Gasteiger partial charge in [-0.1, -0.05) is 6.07 Å². The van der Waals surface area contributed by atoms with E-state index in [0.29, 0.717) is 29.9 Å². The monoisotopic (exact) mass is 383 g/mol. The van der Waals surface area contributed by atoms with Crippen LogP contribution < -0.4 is 10.2 Å². The Morgan fingerprint density at radius 3 is 2.65 bits per heavy atom. The summed E-state index contributed by atoms with van der Waals surface area (Å²) in [4.78, 5) is 25.0. The number of halogens is 1. The molecule has 2 fully saturated rings. The normalized spacial score (nSPS) is 28.6. The van der Waals surface area contributed by atoms with Crippen LogP contribution in [0.1, 0.15) is 24.3 Å². The Balaban J connectivity index is 1.83. The van der Waals surface area contributed by atoms with Crippen molar-refractivity contribution in [3.05, 3.63) is 29.6 Å². The molecule has 0 unspecified atom stereocenters. The molecule has 0 spiro atoms. The highest BCUT2D eigenvalue weighted by Crippen LogP contribution is 2.34. The van der Waals surface area contributed by atoms with Crippen molar-refractivity contribution < 1.29 is 22.9 Å². The number of hydrogen-bond donors (Lipinski definition) is 1. The average Bonchev–Trinajstić information content (AvgIpc) is 3.03. The summed E-state index contributed by atoms with van der Waals surface area (Å²) in [5, 5.41) is 2.48. The lowest BCUT2D eigenvalue weighted by molar-refractivity contribution is -0.121. The molecule has 2 amide bonds. The van der Waals surface area contributed by atoms with Gasteiger partial charge < -0.3 is 10.1 Å². The number of nitrogens with one attached hydrogen (secondary N) is 1. The first-order valence-corrected chi connectivity index (χ1v) is 10.3. The Labute approximate surface area is 152 Å². The van der Waals surface area contributed by atoms with Crippen molar-refractivity contribution in [2.45, 2.75) is 24.8 Å². The summed E-state index contributed by atoms with van der Waals surface area (Å²) in [7, 11) is 0.893. The molecule has 9 heteroatoms. The van der Waals surface area contributed by atoms with E-state index in [-0.39, 0.29) is 24.1 Å². The number of rotatable bonds is 3. The second-order valence-electron chi connectivity index (χ2n) is 6.42. The van der Waals surface area contributed by atoms with Gasteiger partial charge in [0.05, 0.1) is 5.69 Å². The van der Waals surface area contributed by atoms with E-state index >= 15 is 0 Å². The molecule has 2 saturated heterocycles. The molecule has 0 bridgehead atoms. The van der Waals surface area contributed by atoms with Crippen LogP contribution >= 0.6 is 0 Å². The van der Waals surface area contributed by atoms with Crippen LogP contribution in [0.5, 0.6) is 0 Å². The molecule has 1 N–H and O–H groups in total. The van der Waals surface area contributed by atoms with Gasteiger partial charge in [-0.2, -0.15) is 0 Å². The molecular weight excluding hydrogens is 361 g/mol. The standard InChI is InChI=1S/C17H22FN3O4S/c1-19-16(22)15-10-25-17(23)21(15)12-3-4-13(14(18)9-12)11-5-7-26(24,20-2)8-6-11/h3-4,9,11,15H,5-8,10H2,1-2H3,(H,19,22)/t11?,15-,26?/m0/s1. The number of carbonyl (C=O) groups excluding carboxylic acids is 2. The van der Waals surface area contributed by atoms with Crippen LogP contribution in [0.4, 0.5) is 14.9 Å². The number of nitrogens with zero attached hydrogens (tertiary/aromatic N) is 2. The van der Waals surface area contributed by atoms with Gasteiger partial charge in [0, 0.05) is 35.3 Å². The van der Waals surface area contributed by atoms with Gasteiger partial charge in [0.15, 0.2) is 6.04 Å². The topological polar surface area (TPSA) is 88.1 Å². The maximum absolute atomic E-state index is 14.7. The van der Waals surface area contributed by atoms with E-state index in [1.54, 1.807) is 19.2 Å². The first-order chi connectivity index (χ1) is 12.4. The van der Waals surface area contributed by atoms with Crippen LogP contribution in [-0.2, 0) is 19.3 Å². The highest BCUT2D eigenvalue weighted by atomic mass is 32.2. The third-order valence-electron chi connectivity index (χ3n) is 5.03. The van der Waals surface area contributed by atoms with Crippen LogP contribution in [0.2, 0.25) is 0 Å². The second-order valence-corrected chi connectivity index (χ2v) is 9.15. The van der Waals surface area contributed by atoms with E-state index in [9.17, 15) is 18.2 Å². The fourth-order valence-corrected chi connectivity index (χ4v) is 5.33. The Hall–Kier alpha value is -2.16. The van der Waals surface area contributed by atoms with Crippen LogP contribution in [0.3, 0.4) is 0 Å². The molecule has 2 aliphatic rings. The SMILES string of the molecule is CN=S1(=O)CCC(c2ccc(N3C(=O)OC[C@H]3C(=O)NC)cc2F)CC1. The van der Waals surface area contributed by atoms with Crippen molar-refractivity contribution in [2.75, 3.05) is 37.1 Å². The molecule has 2 aliphatic heterocycles. The largest absolute Gasteiger partial charge is 0.446 e. The van der Waals surface area contributed by atoms with Gasteiger partial charge in [0.2, 0.25) is 5.91 Å². The predicted octanol–water partition coefficient (Wildman–Crippen LogP) is 1.87. The van der Waals surface area contributed by atoms with Crippen LogP contribution in [-0.4, -0.2) is 54.5 Å². The highest BCUT2D eigenvalue weighted by molar-refractivity contribution is 7.93. The Morgan fingerprint density at radius 2 is 2.08 bits per heavy atom. The summed E-state index contributed by atoms with van der Waals surface area (Å²) >= 11 is 0. The number of likely N-dealkylation sites (N-methyl/N-ethyl adjacent to an activating group) is 1. The molecule has 0 aromatic heterocycles. The second kappa shape index (κ2) is 7.22. The molecule has 7 nitrogen and oxygen atoms in total. The van der Waals surface area contributed by atoms with Gasteiger partial charge >= 0.3 is 6.09 Å². The van der Waals surface area contributed by atoms with Crippen molar-refractivity contribution in [1.29, 1.82) is 0 Å². The van der Waals surface area contributed by atoms with Crippen LogP contribution in [0.15, 0.2) is 22.6 Å². The number of amides is 2. The van der Waals surface area contributed by atoms with Crippen molar-refractivity contribution in [2.24, 2.45) is 4.36 Å². The van der Waals surface area contributed by atoms with Crippen LogP contribution in [0, 0.1) is 5.82 Å². The number of benzene rings is 1. The molecule has 0 aliphatic carbocycles. The van der Waals surface area contributed by atoms with E-state index in [1.807, 2.05) is 0 Å². The summed E-state index contributed by atoms with van der Waals surface area (Å²) in [6.45, 7) is -0.0701. The van der Waals surface area contributed by atoms with E-state index in [4.69, 9.17) is 4.74 Å². The molecule has 0 radical (unpaired) electrons. The van der Waals surface area contributed by atoms with Gasteiger partial charge in [0.25, 0.3) is 0 Å². The third kappa shape index (κ3) is 3.40. The quantitative estimate of drug-likeness (QED) is 0.863. The van der Waals surface area contributed by atoms with Crippen molar-refractivity contribution in [1.82, 2.24) is 5.32 Å². The zero-order valence-corrected chi connectivity index (χ0v) is 15.6. The predicted molar refractivity (Wildman–Crippen MR) is 96.3 cm³/mol. The number of cyclic esters (lactones) is 1. The Morgan fingerprint density at radius 1 is 1.38 bits per heavy atom. The Bertz CT molecular complexity index is 836. The average molecular weight is 383 g/mol. The summed E-state index contributed by atoms with van der Waals surface area (Å²) in [6.07, 6.45) is 0.547. The molecular formula is C17H22FN3O4S. The summed E-state index contributed by atoms with van der Waals surface area (Å²) < 4.78 is 35.9. The van der Waals surface area contributed by atoms with E-state index < -0.39 is 27.7 Å². The molecule has 1 atom stereocenters. The molecule has 1 aromatic rings. The van der Waals surface area contributed by atoms with Crippen LogP contribution in [0.25, 0.3) is 0 Å². The van der Waals surface area contributed by atoms with Crippen molar-refractivity contribution in [3.8, 4) is 0 Å². The van der Waals surface area contributed by atoms with Gasteiger partial charge in [0.1, 0.15) is 12.4 Å². The molecule has 0 saturated carbocycles. The van der Waals surface area contributed by atoms with Crippen molar-refractivity contribution >= 4 is 27.4 Å². The minimum absolute atomic E-state index is 0.0272. The van der Waals surface area contributed by atoms with E-state index in [0.717, 1.165) is 4.90 Å². The lowest BCUT2D eigenvalue weighted by Gasteiger charge is -2.26. The molecule has 2 heterocycles. The van der Waals surface area contributed by atoms with Gasteiger partial charge in [-0.15, -0.1) is 0 Å². The maximum atomic E-state index is 14.7. The van der Waals surface area contributed by atoms with Gasteiger partial charge in [-0.25, -0.2) is 17.8 Å². The Kier molecular flexibility index (Phi) is 5.17. The smallest absolute Gasteiger partial charge is 0.415 e. The zero-order chi connectivity index (χ0) is 18.9. The fraction of sp³-hybridized carbons (Fsp3) is 0.529. The molecule has 26 heavy (non-hydrogen) atoms. The first kappa shape index (κ1) is 18.6. The summed E-state index contributed by atoms with van der Waals surface area (Å²) in [5.41, 5.74) is 0.820. The van der Waals surface area contributed by atoms with Gasteiger partial charge in [-0.3, -0.25) is 9.69 Å². The number of carbonyl (C=O) groups is 2. The number of anilines is 1. The maximum Gasteiger partial charge on any atom is 0.415 e. The lowest BCUT2D eigenvalue weighted by Crippen LogP contribution is -2.44. The minimum atomic E-state index is -2.14. The van der Waals surface area contributed by atoms with Gasteiger partial charge in [-0.05, 0) is 36.5 Å². The third-order valence-corrected chi connectivity index (χ3v) is 7.44. The lowest BCUT2D eigenvalue weighted by atomic mass is 9.92. The molecule has 142 valence electrons. The molecule has 1 aromatic carbocycles. The minimum Gasteiger partial charge on any atom is -0.446 e. The van der Waals surface area contributed by atoms with Crippen molar-refractivity contribution in [3.63, 3.8) is 0 Å². The number of ether oxygens (including phenoxy) is 1. The first-order valence-electron chi connectivity index (χ1n) is 8.46. The fourth-order valence-electron chi connectivity index (χ4n) is 3.46. The summed E-state index contributed by atoms with van der Waals surface area (Å²) in [6, 6.07) is 3.70. The van der Waals surface area contributed by atoms with E-state index in [1.165, 1.54) is 13.1 Å².